The molecule has 1 fully saturated rings. The van der Waals surface area contributed by atoms with E-state index in [2.05, 4.69) is 20.9 Å². The van der Waals surface area contributed by atoms with Gasteiger partial charge in [0.05, 0.1) is 24.3 Å². The molecule has 0 bridgehead atoms. The van der Waals surface area contributed by atoms with Gasteiger partial charge in [-0.05, 0) is 43.7 Å². The summed E-state index contributed by atoms with van der Waals surface area (Å²) < 4.78 is 5.36. The number of nitrogens with one attached hydrogen (secondary N) is 3. The minimum Gasteiger partial charge on any atom is -0.494 e. The van der Waals surface area contributed by atoms with E-state index in [1.807, 2.05) is 0 Å². The first kappa shape index (κ1) is 23.7. The maximum absolute atomic E-state index is 12.3. The van der Waals surface area contributed by atoms with Crippen LogP contribution in [0.3, 0.4) is 0 Å². The van der Waals surface area contributed by atoms with Crippen LogP contribution in [-0.4, -0.2) is 37.0 Å². The van der Waals surface area contributed by atoms with E-state index < -0.39 is 0 Å². The lowest BCUT2D eigenvalue weighted by molar-refractivity contribution is -0.120. The van der Waals surface area contributed by atoms with Gasteiger partial charge in [-0.3, -0.25) is 14.6 Å². The molecule has 3 N–H and O–H groups in total. The first-order valence-corrected chi connectivity index (χ1v) is 8.58. The van der Waals surface area contributed by atoms with Crippen LogP contribution in [0.1, 0.15) is 23.2 Å². The summed E-state index contributed by atoms with van der Waals surface area (Å²) in [7, 11) is 1.52. The van der Waals surface area contributed by atoms with Gasteiger partial charge in [0.25, 0.3) is 5.91 Å². The van der Waals surface area contributed by atoms with Gasteiger partial charge in [-0.15, -0.1) is 24.8 Å². The van der Waals surface area contributed by atoms with Crippen LogP contribution < -0.4 is 20.7 Å². The quantitative estimate of drug-likeness (QED) is 0.682. The number of aromatic nitrogens is 1. The van der Waals surface area contributed by atoms with Gasteiger partial charge in [0.1, 0.15) is 5.75 Å². The highest BCUT2D eigenvalue weighted by atomic mass is 35.5. The molecule has 1 unspecified atom stereocenters. The zero-order valence-electron chi connectivity index (χ0n) is 15.4. The largest absolute Gasteiger partial charge is 0.494 e. The standard InChI is InChI=1S/C19H22N4O3.2ClH/c1-26-17-10-15(22-18(24)13-4-2-8-20-11-13)6-7-16(17)23-19(25)14-5-3-9-21-12-14;;/h3,5-7,9-10,12-13,20H,2,4,8,11H2,1H3,(H,22,24)(H,23,25);2*1H. The second-order valence-electron chi connectivity index (χ2n) is 6.14. The number of benzene rings is 1. The predicted octanol–water partition coefficient (Wildman–Crippen LogP) is 3.12. The van der Waals surface area contributed by atoms with E-state index in [4.69, 9.17) is 4.74 Å². The molecule has 2 heterocycles. The molecule has 0 spiro atoms. The number of methoxy groups -OCH3 is 1. The zero-order valence-corrected chi connectivity index (χ0v) is 17.1. The highest BCUT2D eigenvalue weighted by Gasteiger charge is 2.21. The van der Waals surface area contributed by atoms with Gasteiger partial charge in [0.2, 0.25) is 5.91 Å². The lowest BCUT2D eigenvalue weighted by Crippen LogP contribution is -2.37. The summed E-state index contributed by atoms with van der Waals surface area (Å²) >= 11 is 0. The van der Waals surface area contributed by atoms with Crippen molar-refractivity contribution in [3.63, 3.8) is 0 Å². The van der Waals surface area contributed by atoms with Crippen LogP contribution >= 0.6 is 24.8 Å². The third kappa shape index (κ3) is 6.09. The minimum absolute atomic E-state index is 0. The van der Waals surface area contributed by atoms with E-state index in [0.717, 1.165) is 19.4 Å². The zero-order chi connectivity index (χ0) is 18.4. The average molecular weight is 427 g/mol. The molecule has 152 valence electrons. The second kappa shape index (κ2) is 11.5. The molecule has 1 aliphatic rings. The van der Waals surface area contributed by atoms with Crippen molar-refractivity contribution in [3.8, 4) is 5.75 Å². The third-order valence-corrected chi connectivity index (χ3v) is 4.31. The van der Waals surface area contributed by atoms with Crippen molar-refractivity contribution in [3.05, 3.63) is 48.3 Å². The van der Waals surface area contributed by atoms with Crippen LogP contribution in [0, 0.1) is 5.92 Å². The van der Waals surface area contributed by atoms with Gasteiger partial charge >= 0.3 is 0 Å². The Morgan fingerprint density at radius 1 is 1.21 bits per heavy atom. The minimum atomic E-state index is -0.276. The van der Waals surface area contributed by atoms with Gasteiger partial charge in [0.15, 0.2) is 0 Å². The van der Waals surface area contributed by atoms with E-state index in [-0.39, 0.29) is 42.5 Å². The number of hydrogen-bond donors (Lipinski definition) is 3. The number of amides is 2. The fourth-order valence-electron chi connectivity index (χ4n) is 2.88. The Morgan fingerprint density at radius 2 is 2.04 bits per heavy atom. The summed E-state index contributed by atoms with van der Waals surface area (Å²) in [5.41, 5.74) is 1.62. The summed E-state index contributed by atoms with van der Waals surface area (Å²) in [6.07, 6.45) is 4.99. The van der Waals surface area contributed by atoms with E-state index in [0.29, 0.717) is 29.2 Å². The Bertz CT molecular complexity index is 784. The number of hydrogen-bond acceptors (Lipinski definition) is 5. The van der Waals surface area contributed by atoms with Crippen molar-refractivity contribution in [2.75, 3.05) is 30.8 Å². The normalized spacial score (nSPS) is 15.4. The molecule has 0 saturated carbocycles. The Hall–Kier alpha value is -2.35. The van der Waals surface area contributed by atoms with E-state index >= 15 is 0 Å². The smallest absolute Gasteiger partial charge is 0.257 e. The lowest BCUT2D eigenvalue weighted by atomic mass is 9.99. The van der Waals surface area contributed by atoms with Gasteiger partial charge in [0, 0.05) is 30.7 Å². The summed E-state index contributed by atoms with van der Waals surface area (Å²) in [5, 5.41) is 8.94. The van der Waals surface area contributed by atoms with Crippen LogP contribution in [-0.2, 0) is 4.79 Å². The fourth-order valence-corrected chi connectivity index (χ4v) is 2.88. The molecule has 7 nitrogen and oxygen atoms in total. The number of anilines is 2. The van der Waals surface area contributed by atoms with Crippen LogP contribution in [0.25, 0.3) is 0 Å². The molecule has 2 aromatic rings. The lowest BCUT2D eigenvalue weighted by Gasteiger charge is -2.22. The molecule has 1 atom stereocenters. The molecule has 9 heteroatoms. The number of carbonyl (C=O) groups excluding carboxylic acids is 2. The van der Waals surface area contributed by atoms with Crippen molar-refractivity contribution in [1.82, 2.24) is 10.3 Å². The van der Waals surface area contributed by atoms with Gasteiger partial charge in [-0.2, -0.15) is 0 Å². The molecule has 1 aromatic heterocycles. The summed E-state index contributed by atoms with van der Waals surface area (Å²) in [6.45, 7) is 1.66. The molecule has 0 radical (unpaired) electrons. The van der Waals surface area contributed by atoms with Crippen LogP contribution in [0.2, 0.25) is 0 Å². The van der Waals surface area contributed by atoms with Crippen LogP contribution in [0.15, 0.2) is 42.7 Å². The molecule has 3 rings (SSSR count). The van der Waals surface area contributed by atoms with Gasteiger partial charge in [-0.25, -0.2) is 0 Å². The van der Waals surface area contributed by atoms with Crippen molar-refractivity contribution >= 4 is 48.0 Å². The van der Waals surface area contributed by atoms with Gasteiger partial charge < -0.3 is 20.7 Å². The summed E-state index contributed by atoms with van der Waals surface area (Å²) in [5.74, 6) is 0.161. The molecule has 1 aliphatic heterocycles. The Morgan fingerprint density at radius 3 is 2.68 bits per heavy atom. The first-order valence-electron chi connectivity index (χ1n) is 8.58. The third-order valence-electron chi connectivity index (χ3n) is 4.31. The molecule has 2 amide bonds. The van der Waals surface area contributed by atoms with Gasteiger partial charge in [-0.1, -0.05) is 0 Å². The van der Waals surface area contributed by atoms with E-state index in [1.165, 1.54) is 13.3 Å². The first-order chi connectivity index (χ1) is 12.7. The van der Waals surface area contributed by atoms with Crippen molar-refractivity contribution in [2.24, 2.45) is 5.92 Å². The molecule has 0 aliphatic carbocycles. The average Bonchev–Trinajstić information content (AvgIpc) is 2.70. The molecule has 28 heavy (non-hydrogen) atoms. The highest BCUT2D eigenvalue weighted by molar-refractivity contribution is 6.05. The van der Waals surface area contributed by atoms with E-state index in [9.17, 15) is 9.59 Å². The number of piperidine rings is 1. The van der Waals surface area contributed by atoms with Crippen LogP contribution in [0.4, 0.5) is 11.4 Å². The van der Waals surface area contributed by atoms with Crippen molar-refractivity contribution < 1.29 is 14.3 Å². The SMILES string of the molecule is COc1cc(NC(=O)C2CCCNC2)ccc1NC(=O)c1cccnc1.Cl.Cl. The number of nitrogens with zero attached hydrogens (tertiary/aromatic N) is 1. The number of carbonyl (C=O) groups is 2. The predicted molar refractivity (Wildman–Crippen MR) is 114 cm³/mol. The summed E-state index contributed by atoms with van der Waals surface area (Å²) in [6, 6.07) is 8.54. The Kier molecular flexibility index (Phi) is 9.72. The molecule has 1 saturated heterocycles. The maximum Gasteiger partial charge on any atom is 0.257 e. The molecule has 1 aromatic carbocycles. The number of pyridine rings is 1. The Labute approximate surface area is 176 Å². The number of rotatable bonds is 5. The van der Waals surface area contributed by atoms with Crippen molar-refractivity contribution in [1.29, 1.82) is 0 Å². The second-order valence-corrected chi connectivity index (χ2v) is 6.14. The number of ether oxygens (including phenoxy) is 1. The Balaban J connectivity index is 0.00000196. The molecular weight excluding hydrogens is 403 g/mol. The maximum atomic E-state index is 12.3. The fraction of sp³-hybridized carbons (Fsp3) is 0.316. The van der Waals surface area contributed by atoms with E-state index in [1.54, 1.807) is 36.5 Å². The van der Waals surface area contributed by atoms with Crippen molar-refractivity contribution in [2.45, 2.75) is 12.8 Å². The molecular formula is C19H24Cl2N4O3. The monoisotopic (exact) mass is 426 g/mol. The summed E-state index contributed by atoms with van der Waals surface area (Å²) in [4.78, 5) is 28.6. The highest BCUT2D eigenvalue weighted by Crippen LogP contribution is 2.29. The van der Waals surface area contributed by atoms with Crippen LogP contribution in [0.5, 0.6) is 5.75 Å². The number of halogens is 2. The topological polar surface area (TPSA) is 92.4 Å².